The third-order valence-electron chi connectivity index (χ3n) is 5.74. The van der Waals surface area contributed by atoms with Crippen LogP contribution in [0.2, 0.25) is 0 Å². The van der Waals surface area contributed by atoms with E-state index in [0.29, 0.717) is 17.2 Å². The lowest BCUT2D eigenvalue weighted by atomic mass is 10.0. The fourth-order valence-electron chi connectivity index (χ4n) is 4.06. The average molecular weight is 488 g/mol. The summed E-state index contributed by atoms with van der Waals surface area (Å²) in [5.74, 6) is -0.115. The van der Waals surface area contributed by atoms with E-state index in [-0.39, 0.29) is 30.4 Å². The third kappa shape index (κ3) is 4.56. The Morgan fingerprint density at radius 2 is 1.72 bits per heavy atom. The molecule has 5 rings (SSSR count). The van der Waals surface area contributed by atoms with Crippen LogP contribution in [0.3, 0.4) is 0 Å². The molecular formula is C26H20N2O8. The Morgan fingerprint density at radius 1 is 1.00 bits per heavy atom. The molecule has 0 fully saturated rings. The lowest BCUT2D eigenvalue weighted by Gasteiger charge is -2.37. The topological polar surface area (TPSA) is 117 Å². The van der Waals surface area contributed by atoms with Gasteiger partial charge in [0.05, 0.1) is 28.3 Å². The number of fused-ring (bicyclic) bond motifs is 2. The fourth-order valence-corrected chi connectivity index (χ4v) is 4.06. The smallest absolute Gasteiger partial charge is 0.331 e. The highest BCUT2D eigenvalue weighted by Crippen LogP contribution is 2.40. The largest absolute Gasteiger partial charge is 0.489 e. The fraction of sp³-hybridized carbons (Fsp3) is 0.154. The van der Waals surface area contributed by atoms with E-state index in [9.17, 15) is 19.7 Å². The van der Waals surface area contributed by atoms with Gasteiger partial charge in [0.2, 0.25) is 6.79 Å². The van der Waals surface area contributed by atoms with E-state index in [4.69, 9.17) is 18.9 Å². The Bertz CT molecular complexity index is 1360. The zero-order chi connectivity index (χ0) is 25.1. The van der Waals surface area contributed by atoms with Crippen LogP contribution in [0.4, 0.5) is 11.4 Å². The van der Waals surface area contributed by atoms with E-state index >= 15 is 0 Å². The van der Waals surface area contributed by atoms with Gasteiger partial charge in [0.25, 0.3) is 11.6 Å². The van der Waals surface area contributed by atoms with Gasteiger partial charge in [-0.2, -0.15) is 0 Å². The average Bonchev–Trinajstić information content (AvgIpc) is 3.37. The molecule has 36 heavy (non-hydrogen) atoms. The van der Waals surface area contributed by atoms with Crippen LogP contribution in [-0.2, 0) is 14.3 Å². The van der Waals surface area contributed by atoms with Crippen LogP contribution in [-0.4, -0.2) is 36.8 Å². The number of amides is 1. The Labute approximate surface area is 205 Å². The minimum Gasteiger partial charge on any atom is -0.489 e. The summed E-state index contributed by atoms with van der Waals surface area (Å²) in [6.07, 6.45) is 2.27. The maximum absolute atomic E-state index is 13.2. The van der Waals surface area contributed by atoms with Gasteiger partial charge < -0.3 is 18.9 Å². The number of hydrogen-bond acceptors (Lipinski definition) is 8. The lowest BCUT2D eigenvalue weighted by molar-refractivity contribution is -0.385. The Morgan fingerprint density at radius 3 is 2.50 bits per heavy atom. The highest BCUT2D eigenvalue weighted by atomic mass is 16.7. The SMILES string of the molecule is O=C(/C=C/c1cc2c(cc1[N+](=O)[O-])OCO2)OCC(=O)N1c2ccccc2OCC1c1ccccc1. The van der Waals surface area contributed by atoms with E-state index in [2.05, 4.69) is 0 Å². The van der Waals surface area contributed by atoms with Crippen molar-refractivity contribution in [1.29, 1.82) is 0 Å². The molecule has 0 N–H and O–H groups in total. The summed E-state index contributed by atoms with van der Waals surface area (Å²) in [6, 6.07) is 18.8. The van der Waals surface area contributed by atoms with Crippen LogP contribution in [0.5, 0.6) is 17.2 Å². The Kier molecular flexibility index (Phi) is 6.23. The van der Waals surface area contributed by atoms with Gasteiger partial charge in [-0.3, -0.25) is 19.8 Å². The molecule has 2 aliphatic rings. The maximum atomic E-state index is 13.2. The number of para-hydroxylation sites is 2. The summed E-state index contributed by atoms with van der Waals surface area (Å²) in [5, 5.41) is 11.4. The summed E-state index contributed by atoms with van der Waals surface area (Å²) >= 11 is 0. The van der Waals surface area contributed by atoms with Crippen LogP contribution in [0.15, 0.2) is 72.8 Å². The van der Waals surface area contributed by atoms with Crippen LogP contribution in [0, 0.1) is 10.1 Å². The Balaban J connectivity index is 1.31. The van der Waals surface area contributed by atoms with Gasteiger partial charge in [-0.1, -0.05) is 42.5 Å². The molecule has 0 bridgehead atoms. The number of esters is 1. The zero-order valence-corrected chi connectivity index (χ0v) is 18.9. The van der Waals surface area contributed by atoms with Crippen molar-refractivity contribution in [2.45, 2.75) is 6.04 Å². The van der Waals surface area contributed by atoms with Gasteiger partial charge in [-0.15, -0.1) is 0 Å². The first-order chi connectivity index (χ1) is 17.5. The number of anilines is 1. The van der Waals surface area contributed by atoms with Gasteiger partial charge in [0, 0.05) is 6.08 Å². The van der Waals surface area contributed by atoms with Crippen molar-refractivity contribution in [3.63, 3.8) is 0 Å². The van der Waals surface area contributed by atoms with E-state index in [1.54, 1.807) is 23.1 Å². The minimum atomic E-state index is -0.826. The second kappa shape index (κ2) is 9.79. The third-order valence-corrected chi connectivity index (χ3v) is 5.74. The van der Waals surface area contributed by atoms with Crippen LogP contribution in [0.25, 0.3) is 6.08 Å². The van der Waals surface area contributed by atoms with E-state index in [1.807, 2.05) is 36.4 Å². The molecule has 1 atom stereocenters. The summed E-state index contributed by atoms with van der Waals surface area (Å²) < 4.78 is 21.5. The van der Waals surface area contributed by atoms with E-state index in [0.717, 1.165) is 11.6 Å². The molecule has 1 unspecified atom stereocenters. The van der Waals surface area contributed by atoms with Gasteiger partial charge >= 0.3 is 5.97 Å². The van der Waals surface area contributed by atoms with Gasteiger partial charge in [0.15, 0.2) is 18.1 Å². The van der Waals surface area contributed by atoms with E-state index in [1.165, 1.54) is 18.2 Å². The Hall–Kier alpha value is -4.86. The molecule has 0 spiro atoms. The monoisotopic (exact) mass is 488 g/mol. The predicted octanol–water partition coefficient (Wildman–Crippen LogP) is 4.05. The molecule has 10 heteroatoms. The minimum absolute atomic E-state index is 0.0432. The van der Waals surface area contributed by atoms with E-state index < -0.39 is 29.4 Å². The van der Waals surface area contributed by atoms with Crippen LogP contribution >= 0.6 is 0 Å². The first-order valence-corrected chi connectivity index (χ1v) is 11.0. The van der Waals surface area contributed by atoms with Crippen LogP contribution in [0.1, 0.15) is 17.2 Å². The normalized spacial score (nSPS) is 15.8. The second-order valence-electron chi connectivity index (χ2n) is 7.93. The number of carbonyl (C=O) groups is 2. The number of benzene rings is 3. The molecule has 0 aromatic heterocycles. The lowest BCUT2D eigenvalue weighted by Crippen LogP contribution is -2.43. The second-order valence-corrected chi connectivity index (χ2v) is 7.93. The highest BCUT2D eigenvalue weighted by molar-refractivity contribution is 5.98. The van der Waals surface area contributed by atoms with Crippen molar-refractivity contribution in [3.8, 4) is 17.2 Å². The molecule has 0 saturated heterocycles. The number of hydrogen-bond donors (Lipinski definition) is 0. The molecule has 0 aliphatic carbocycles. The van der Waals surface area contributed by atoms with Crippen molar-refractivity contribution in [1.82, 2.24) is 0 Å². The summed E-state index contributed by atoms with van der Waals surface area (Å²) in [5.41, 5.74) is 1.33. The zero-order valence-electron chi connectivity index (χ0n) is 18.9. The molecule has 3 aromatic rings. The molecule has 10 nitrogen and oxygen atoms in total. The predicted molar refractivity (Wildman–Crippen MR) is 128 cm³/mol. The number of ether oxygens (including phenoxy) is 4. The first-order valence-electron chi connectivity index (χ1n) is 11.0. The molecule has 2 heterocycles. The molecule has 0 saturated carbocycles. The number of nitrogens with zero attached hydrogens (tertiary/aromatic N) is 2. The number of carbonyl (C=O) groups excluding carboxylic acids is 2. The van der Waals surface area contributed by atoms with Crippen molar-refractivity contribution in [2.24, 2.45) is 0 Å². The van der Waals surface area contributed by atoms with Gasteiger partial charge in [-0.05, 0) is 29.8 Å². The number of nitro benzene ring substituents is 1. The summed E-state index contributed by atoms with van der Waals surface area (Å²) in [6.45, 7) is -0.322. The van der Waals surface area contributed by atoms with Crippen LogP contribution < -0.4 is 19.1 Å². The number of nitro groups is 1. The standard InChI is InChI=1S/C26H20N2O8/c29-25(27-19-8-4-5-9-22(19)33-14-21(27)17-6-2-1-3-7-17)15-34-26(30)11-10-18-12-23-24(36-16-35-23)13-20(18)28(31)32/h1-13,21H,14-16H2/b11-10+. The van der Waals surface area contributed by atoms with Gasteiger partial charge in [-0.25, -0.2) is 4.79 Å². The van der Waals surface area contributed by atoms with Crippen molar-refractivity contribution in [3.05, 3.63) is 94.0 Å². The van der Waals surface area contributed by atoms with Gasteiger partial charge in [0.1, 0.15) is 12.4 Å². The molecule has 0 radical (unpaired) electrons. The van der Waals surface area contributed by atoms with Crippen molar-refractivity contribution in [2.75, 3.05) is 24.9 Å². The summed E-state index contributed by atoms with van der Waals surface area (Å²) in [4.78, 5) is 38.0. The molecule has 182 valence electrons. The molecule has 1 amide bonds. The quantitative estimate of drug-likeness (QED) is 0.221. The number of rotatable bonds is 6. The highest BCUT2D eigenvalue weighted by Gasteiger charge is 2.33. The van der Waals surface area contributed by atoms with Crippen molar-refractivity contribution < 1.29 is 33.5 Å². The first kappa shape index (κ1) is 22.9. The molecular weight excluding hydrogens is 468 g/mol. The van der Waals surface area contributed by atoms with Crippen molar-refractivity contribution >= 4 is 29.3 Å². The summed E-state index contributed by atoms with van der Waals surface area (Å²) in [7, 11) is 0. The maximum Gasteiger partial charge on any atom is 0.331 e. The molecule has 2 aliphatic heterocycles. The molecule has 3 aromatic carbocycles.